The van der Waals surface area contributed by atoms with Crippen molar-refractivity contribution in [3.05, 3.63) is 5.89 Å². The van der Waals surface area contributed by atoms with Crippen LogP contribution in [0.1, 0.15) is 32.1 Å². The highest BCUT2D eigenvalue weighted by atomic mass is 16.4. The summed E-state index contributed by atoms with van der Waals surface area (Å²) in [5, 5.41) is 7.97. The first kappa shape index (κ1) is 8.53. The molecule has 1 aliphatic rings. The summed E-state index contributed by atoms with van der Waals surface area (Å²) in [6.45, 7) is 4.14. The molecule has 1 fully saturated rings. The monoisotopic (exact) mass is 181 g/mol. The number of piperidine rings is 1. The van der Waals surface area contributed by atoms with E-state index in [1.807, 2.05) is 6.92 Å². The Bertz CT molecular complexity index is 266. The molecule has 1 aliphatic heterocycles. The molecule has 0 unspecified atom stereocenters. The molecule has 0 aromatic carbocycles. The Morgan fingerprint density at radius 2 is 2.00 bits per heavy atom. The highest BCUT2D eigenvalue weighted by molar-refractivity contribution is 5.24. The third-order valence-electron chi connectivity index (χ3n) is 2.39. The molecule has 0 N–H and O–H groups in total. The van der Waals surface area contributed by atoms with Crippen molar-refractivity contribution < 1.29 is 4.42 Å². The lowest BCUT2D eigenvalue weighted by atomic mass is 10.1. The summed E-state index contributed by atoms with van der Waals surface area (Å²) >= 11 is 0. The summed E-state index contributed by atoms with van der Waals surface area (Å²) in [6.07, 6.45) is 4.62. The van der Waals surface area contributed by atoms with E-state index in [1.54, 1.807) is 0 Å². The Kier molecular flexibility index (Phi) is 2.47. The highest BCUT2D eigenvalue weighted by Crippen LogP contribution is 2.17. The maximum Gasteiger partial charge on any atom is 0.318 e. The van der Waals surface area contributed by atoms with Gasteiger partial charge >= 0.3 is 6.01 Å². The maximum absolute atomic E-state index is 5.48. The summed E-state index contributed by atoms with van der Waals surface area (Å²) in [5.74, 6) is 0.737. The predicted octanol–water partition coefficient (Wildman–Crippen LogP) is 1.62. The maximum atomic E-state index is 5.48. The van der Waals surface area contributed by atoms with Gasteiger partial charge in [-0.15, -0.1) is 5.10 Å². The van der Waals surface area contributed by atoms with Gasteiger partial charge in [0.05, 0.1) is 0 Å². The topological polar surface area (TPSA) is 42.2 Å². The van der Waals surface area contributed by atoms with Crippen molar-refractivity contribution in [2.45, 2.75) is 32.6 Å². The molecule has 4 heteroatoms. The van der Waals surface area contributed by atoms with Crippen LogP contribution in [0.3, 0.4) is 0 Å². The molecule has 1 aromatic heterocycles. The molecule has 13 heavy (non-hydrogen) atoms. The van der Waals surface area contributed by atoms with Gasteiger partial charge in [0.2, 0.25) is 5.89 Å². The fourth-order valence-electron chi connectivity index (χ4n) is 1.60. The van der Waals surface area contributed by atoms with E-state index in [0.29, 0.717) is 6.01 Å². The second-order valence-corrected chi connectivity index (χ2v) is 3.38. The summed E-state index contributed by atoms with van der Waals surface area (Å²) < 4.78 is 5.48. The standard InChI is InChI=1S/C9H15N3O/c1-2-8-10-11-9(13-8)12-6-4-3-5-7-12/h2-7H2,1H3. The lowest BCUT2D eigenvalue weighted by molar-refractivity contribution is 0.464. The molecule has 72 valence electrons. The van der Waals surface area contributed by atoms with Gasteiger partial charge < -0.3 is 9.32 Å². The number of aromatic nitrogens is 2. The van der Waals surface area contributed by atoms with Crippen LogP contribution in [0.15, 0.2) is 4.42 Å². The molecule has 0 saturated carbocycles. The number of aryl methyl sites for hydroxylation is 1. The third kappa shape index (κ3) is 1.82. The normalized spacial score (nSPS) is 17.8. The van der Waals surface area contributed by atoms with Gasteiger partial charge in [-0.25, -0.2) is 0 Å². The fraction of sp³-hybridized carbons (Fsp3) is 0.778. The van der Waals surface area contributed by atoms with Crippen LogP contribution in [0.4, 0.5) is 6.01 Å². The van der Waals surface area contributed by atoms with E-state index in [-0.39, 0.29) is 0 Å². The van der Waals surface area contributed by atoms with Gasteiger partial charge in [0, 0.05) is 19.5 Å². The van der Waals surface area contributed by atoms with Gasteiger partial charge in [0.25, 0.3) is 0 Å². The minimum absolute atomic E-state index is 0.705. The molecule has 0 radical (unpaired) electrons. The summed E-state index contributed by atoms with van der Waals surface area (Å²) in [7, 11) is 0. The molecule has 2 rings (SSSR count). The van der Waals surface area contributed by atoms with Gasteiger partial charge in [-0.05, 0) is 19.3 Å². The minimum Gasteiger partial charge on any atom is -0.408 e. The van der Waals surface area contributed by atoms with Gasteiger partial charge in [0.15, 0.2) is 0 Å². The predicted molar refractivity (Wildman–Crippen MR) is 49.7 cm³/mol. The average Bonchev–Trinajstić information content (AvgIpc) is 2.67. The lowest BCUT2D eigenvalue weighted by Gasteiger charge is -2.24. The molecule has 4 nitrogen and oxygen atoms in total. The molecule has 0 atom stereocenters. The van der Waals surface area contributed by atoms with Crippen molar-refractivity contribution in [2.24, 2.45) is 0 Å². The van der Waals surface area contributed by atoms with Gasteiger partial charge in [-0.2, -0.15) is 0 Å². The number of hydrogen-bond donors (Lipinski definition) is 0. The summed E-state index contributed by atoms with van der Waals surface area (Å²) in [5.41, 5.74) is 0. The molecule has 0 bridgehead atoms. The number of anilines is 1. The second-order valence-electron chi connectivity index (χ2n) is 3.38. The van der Waals surface area contributed by atoms with E-state index in [9.17, 15) is 0 Å². The molecule has 1 saturated heterocycles. The Hall–Kier alpha value is -1.06. The first-order chi connectivity index (χ1) is 6.40. The highest BCUT2D eigenvalue weighted by Gasteiger charge is 2.16. The van der Waals surface area contributed by atoms with Crippen molar-refractivity contribution in [1.82, 2.24) is 10.2 Å². The van der Waals surface area contributed by atoms with E-state index in [1.165, 1.54) is 19.3 Å². The Labute approximate surface area is 77.9 Å². The Morgan fingerprint density at radius 1 is 1.23 bits per heavy atom. The summed E-state index contributed by atoms with van der Waals surface area (Å²) in [6, 6.07) is 0.705. The smallest absolute Gasteiger partial charge is 0.318 e. The summed E-state index contributed by atoms with van der Waals surface area (Å²) in [4.78, 5) is 2.18. The first-order valence-electron chi connectivity index (χ1n) is 4.97. The Balaban J connectivity index is 2.05. The molecular formula is C9H15N3O. The van der Waals surface area contributed by atoms with Crippen LogP contribution >= 0.6 is 0 Å². The van der Waals surface area contributed by atoms with Crippen LogP contribution in [0.5, 0.6) is 0 Å². The molecule has 0 spiro atoms. The minimum atomic E-state index is 0.705. The number of nitrogens with zero attached hydrogens (tertiary/aromatic N) is 3. The van der Waals surface area contributed by atoms with Crippen LogP contribution in [0.25, 0.3) is 0 Å². The van der Waals surface area contributed by atoms with E-state index < -0.39 is 0 Å². The van der Waals surface area contributed by atoms with E-state index in [2.05, 4.69) is 15.1 Å². The van der Waals surface area contributed by atoms with Crippen molar-refractivity contribution in [2.75, 3.05) is 18.0 Å². The van der Waals surface area contributed by atoms with Gasteiger partial charge in [0.1, 0.15) is 0 Å². The fourth-order valence-corrected chi connectivity index (χ4v) is 1.60. The molecule has 0 amide bonds. The van der Waals surface area contributed by atoms with Gasteiger partial charge in [-0.3, -0.25) is 0 Å². The van der Waals surface area contributed by atoms with E-state index in [0.717, 1.165) is 25.4 Å². The third-order valence-corrected chi connectivity index (χ3v) is 2.39. The van der Waals surface area contributed by atoms with Crippen LogP contribution in [0, 0.1) is 0 Å². The van der Waals surface area contributed by atoms with Crippen LogP contribution < -0.4 is 4.90 Å². The van der Waals surface area contributed by atoms with Crippen molar-refractivity contribution in [3.63, 3.8) is 0 Å². The molecule has 0 aliphatic carbocycles. The first-order valence-corrected chi connectivity index (χ1v) is 4.97. The van der Waals surface area contributed by atoms with E-state index in [4.69, 9.17) is 4.42 Å². The van der Waals surface area contributed by atoms with Crippen molar-refractivity contribution >= 4 is 6.01 Å². The zero-order valence-electron chi connectivity index (χ0n) is 7.99. The molecule has 1 aromatic rings. The lowest BCUT2D eigenvalue weighted by Crippen LogP contribution is -2.29. The zero-order chi connectivity index (χ0) is 9.10. The SMILES string of the molecule is CCc1nnc(N2CCCCC2)o1. The Morgan fingerprint density at radius 3 is 2.62 bits per heavy atom. The number of rotatable bonds is 2. The van der Waals surface area contributed by atoms with Crippen LogP contribution in [-0.2, 0) is 6.42 Å². The van der Waals surface area contributed by atoms with Crippen LogP contribution in [-0.4, -0.2) is 23.3 Å². The van der Waals surface area contributed by atoms with Gasteiger partial charge in [-0.1, -0.05) is 12.0 Å². The van der Waals surface area contributed by atoms with E-state index >= 15 is 0 Å². The second kappa shape index (κ2) is 3.77. The molecular weight excluding hydrogens is 166 g/mol. The largest absolute Gasteiger partial charge is 0.408 e. The zero-order valence-corrected chi connectivity index (χ0v) is 7.99. The van der Waals surface area contributed by atoms with Crippen LogP contribution in [0.2, 0.25) is 0 Å². The quantitative estimate of drug-likeness (QED) is 0.695. The van der Waals surface area contributed by atoms with Crippen molar-refractivity contribution in [1.29, 1.82) is 0 Å². The average molecular weight is 181 g/mol. The van der Waals surface area contributed by atoms with Crippen molar-refractivity contribution in [3.8, 4) is 0 Å². The molecule has 2 heterocycles. The number of hydrogen-bond acceptors (Lipinski definition) is 4.